The summed E-state index contributed by atoms with van der Waals surface area (Å²) < 4.78 is 5.59. The molecule has 2 N–H and O–H groups in total. The van der Waals surface area contributed by atoms with Crippen molar-refractivity contribution in [3.63, 3.8) is 0 Å². The van der Waals surface area contributed by atoms with Gasteiger partial charge >= 0.3 is 0 Å². The zero-order valence-electron chi connectivity index (χ0n) is 10.8. The minimum atomic E-state index is 0.472. The standard InChI is InChI=1S/C13H18N4O/c1-17(2)8-3-9-18-12-7-5-10-4-6-11(14)15-13(10)16-12/h4-7H,3,8-9H2,1-2H3,(H2,14,15,16). The van der Waals surface area contributed by atoms with Gasteiger partial charge in [0.05, 0.1) is 6.61 Å². The van der Waals surface area contributed by atoms with Crippen molar-refractivity contribution in [2.24, 2.45) is 0 Å². The number of nitrogens with zero attached hydrogens (tertiary/aromatic N) is 3. The third-order valence-electron chi connectivity index (χ3n) is 2.55. The van der Waals surface area contributed by atoms with Gasteiger partial charge in [-0.05, 0) is 38.7 Å². The highest BCUT2D eigenvalue weighted by atomic mass is 16.5. The molecule has 0 spiro atoms. The van der Waals surface area contributed by atoms with Crippen LogP contribution in [0.2, 0.25) is 0 Å². The predicted octanol–water partition coefficient (Wildman–Crippen LogP) is 1.54. The zero-order valence-corrected chi connectivity index (χ0v) is 10.8. The second-order valence-electron chi connectivity index (χ2n) is 4.44. The summed E-state index contributed by atoms with van der Waals surface area (Å²) in [7, 11) is 4.09. The first-order valence-electron chi connectivity index (χ1n) is 5.96. The van der Waals surface area contributed by atoms with Crippen LogP contribution in [0.3, 0.4) is 0 Å². The van der Waals surface area contributed by atoms with E-state index in [1.54, 1.807) is 6.07 Å². The lowest BCUT2D eigenvalue weighted by Crippen LogP contribution is -2.15. The third kappa shape index (κ3) is 3.30. The fourth-order valence-corrected chi connectivity index (χ4v) is 1.63. The summed E-state index contributed by atoms with van der Waals surface area (Å²) in [6.07, 6.45) is 0.969. The van der Waals surface area contributed by atoms with Crippen molar-refractivity contribution in [2.75, 3.05) is 33.0 Å². The van der Waals surface area contributed by atoms with Crippen LogP contribution in [0.1, 0.15) is 6.42 Å². The fraction of sp³-hybridized carbons (Fsp3) is 0.385. The van der Waals surface area contributed by atoms with Crippen molar-refractivity contribution in [1.82, 2.24) is 14.9 Å². The Kier molecular flexibility index (Phi) is 3.94. The van der Waals surface area contributed by atoms with E-state index in [-0.39, 0.29) is 0 Å². The van der Waals surface area contributed by atoms with Crippen LogP contribution in [0.5, 0.6) is 5.88 Å². The predicted molar refractivity (Wildman–Crippen MR) is 72.6 cm³/mol. The quantitative estimate of drug-likeness (QED) is 0.811. The molecule has 5 nitrogen and oxygen atoms in total. The van der Waals surface area contributed by atoms with Crippen LogP contribution in [-0.4, -0.2) is 42.1 Å². The molecule has 2 heterocycles. The monoisotopic (exact) mass is 246 g/mol. The Hall–Kier alpha value is -1.88. The first-order valence-corrected chi connectivity index (χ1v) is 5.96. The lowest BCUT2D eigenvalue weighted by Gasteiger charge is -2.10. The largest absolute Gasteiger partial charge is 0.478 e. The van der Waals surface area contributed by atoms with E-state index in [1.165, 1.54) is 0 Å². The number of rotatable bonds is 5. The molecule has 2 rings (SSSR count). The molecular formula is C13H18N4O. The number of nitrogen functional groups attached to an aromatic ring is 1. The molecule has 0 bridgehead atoms. The number of hydrogen-bond donors (Lipinski definition) is 1. The van der Waals surface area contributed by atoms with E-state index in [0.29, 0.717) is 24.0 Å². The minimum Gasteiger partial charge on any atom is -0.478 e. The molecule has 0 saturated heterocycles. The number of hydrogen-bond acceptors (Lipinski definition) is 5. The summed E-state index contributed by atoms with van der Waals surface area (Å²) in [6, 6.07) is 7.47. The van der Waals surface area contributed by atoms with Crippen LogP contribution >= 0.6 is 0 Å². The first-order chi connectivity index (χ1) is 8.65. The minimum absolute atomic E-state index is 0.472. The Labute approximate surface area is 107 Å². The summed E-state index contributed by atoms with van der Waals surface area (Å²) in [5, 5.41) is 0.963. The summed E-state index contributed by atoms with van der Waals surface area (Å²) in [5.74, 6) is 1.07. The Morgan fingerprint density at radius 3 is 2.72 bits per heavy atom. The van der Waals surface area contributed by atoms with Gasteiger partial charge in [0.2, 0.25) is 5.88 Å². The van der Waals surface area contributed by atoms with Gasteiger partial charge < -0.3 is 15.4 Å². The van der Waals surface area contributed by atoms with Gasteiger partial charge in [-0.2, -0.15) is 4.98 Å². The average Bonchev–Trinajstić information content (AvgIpc) is 2.34. The molecule has 0 atom stereocenters. The summed E-state index contributed by atoms with van der Waals surface area (Å²) in [6.45, 7) is 1.65. The highest BCUT2D eigenvalue weighted by molar-refractivity contribution is 5.76. The number of anilines is 1. The van der Waals surface area contributed by atoms with E-state index in [4.69, 9.17) is 10.5 Å². The molecule has 0 aliphatic heterocycles. The van der Waals surface area contributed by atoms with Crippen LogP contribution in [-0.2, 0) is 0 Å². The molecular weight excluding hydrogens is 228 g/mol. The van der Waals surface area contributed by atoms with E-state index in [9.17, 15) is 0 Å². The third-order valence-corrected chi connectivity index (χ3v) is 2.55. The van der Waals surface area contributed by atoms with Crippen LogP contribution in [0.15, 0.2) is 24.3 Å². The SMILES string of the molecule is CN(C)CCCOc1ccc2ccc(N)nc2n1. The maximum Gasteiger partial charge on any atom is 0.215 e. The van der Waals surface area contributed by atoms with Gasteiger partial charge in [0.15, 0.2) is 5.65 Å². The van der Waals surface area contributed by atoms with Gasteiger partial charge in [0.25, 0.3) is 0 Å². The summed E-state index contributed by atoms with van der Waals surface area (Å²) in [5.41, 5.74) is 6.26. The first kappa shape index (κ1) is 12.6. The fourth-order valence-electron chi connectivity index (χ4n) is 1.63. The van der Waals surface area contributed by atoms with Crippen LogP contribution in [0.25, 0.3) is 11.0 Å². The van der Waals surface area contributed by atoms with Crippen LogP contribution < -0.4 is 10.5 Å². The van der Waals surface area contributed by atoms with Gasteiger partial charge in [-0.3, -0.25) is 0 Å². The van der Waals surface area contributed by atoms with Crippen LogP contribution in [0, 0.1) is 0 Å². The van der Waals surface area contributed by atoms with E-state index in [0.717, 1.165) is 18.4 Å². The number of aromatic nitrogens is 2. The Morgan fingerprint density at radius 1 is 1.17 bits per heavy atom. The zero-order chi connectivity index (χ0) is 13.0. The van der Waals surface area contributed by atoms with Crippen molar-refractivity contribution >= 4 is 16.9 Å². The second kappa shape index (κ2) is 5.64. The van der Waals surface area contributed by atoms with Crippen molar-refractivity contribution in [3.05, 3.63) is 24.3 Å². The van der Waals surface area contributed by atoms with Crippen molar-refractivity contribution in [2.45, 2.75) is 6.42 Å². The molecule has 0 fully saturated rings. The summed E-state index contributed by atoms with van der Waals surface area (Å²) in [4.78, 5) is 10.6. The highest BCUT2D eigenvalue weighted by Crippen LogP contribution is 2.16. The van der Waals surface area contributed by atoms with Crippen LogP contribution in [0.4, 0.5) is 5.82 Å². The molecule has 0 aliphatic carbocycles. The highest BCUT2D eigenvalue weighted by Gasteiger charge is 2.01. The molecule has 0 aliphatic rings. The smallest absolute Gasteiger partial charge is 0.215 e. The van der Waals surface area contributed by atoms with Crippen molar-refractivity contribution < 1.29 is 4.74 Å². The Bertz CT molecular complexity index is 527. The van der Waals surface area contributed by atoms with Gasteiger partial charge in [-0.15, -0.1) is 0 Å². The molecule has 0 unspecified atom stereocenters. The molecule has 0 aromatic carbocycles. The van der Waals surface area contributed by atoms with E-state index in [1.807, 2.05) is 32.3 Å². The summed E-state index contributed by atoms with van der Waals surface area (Å²) >= 11 is 0. The van der Waals surface area contributed by atoms with Gasteiger partial charge in [0, 0.05) is 18.0 Å². The van der Waals surface area contributed by atoms with Gasteiger partial charge in [0.1, 0.15) is 5.82 Å². The van der Waals surface area contributed by atoms with Gasteiger partial charge in [-0.25, -0.2) is 4.98 Å². The Balaban J connectivity index is 2.01. The molecule has 0 saturated carbocycles. The van der Waals surface area contributed by atoms with Crippen molar-refractivity contribution in [3.8, 4) is 5.88 Å². The maximum absolute atomic E-state index is 5.63. The number of nitrogens with two attached hydrogens (primary N) is 1. The molecule has 96 valence electrons. The molecule has 2 aromatic rings. The number of fused-ring (bicyclic) bond motifs is 1. The molecule has 2 aromatic heterocycles. The molecule has 18 heavy (non-hydrogen) atoms. The van der Waals surface area contributed by atoms with E-state index >= 15 is 0 Å². The van der Waals surface area contributed by atoms with Gasteiger partial charge in [-0.1, -0.05) is 0 Å². The molecule has 0 amide bonds. The average molecular weight is 246 g/mol. The molecule has 0 radical (unpaired) electrons. The van der Waals surface area contributed by atoms with E-state index < -0.39 is 0 Å². The maximum atomic E-state index is 5.63. The van der Waals surface area contributed by atoms with E-state index in [2.05, 4.69) is 14.9 Å². The van der Waals surface area contributed by atoms with Crippen molar-refractivity contribution in [1.29, 1.82) is 0 Å². The number of ether oxygens (including phenoxy) is 1. The second-order valence-corrected chi connectivity index (χ2v) is 4.44. The Morgan fingerprint density at radius 2 is 1.94 bits per heavy atom. The number of pyridine rings is 2. The molecule has 5 heteroatoms. The lowest BCUT2D eigenvalue weighted by atomic mass is 10.3. The normalized spacial score (nSPS) is 11.1. The lowest BCUT2D eigenvalue weighted by molar-refractivity contribution is 0.274. The topological polar surface area (TPSA) is 64.3 Å².